The Balaban J connectivity index is 3.02. The van der Waals surface area contributed by atoms with Crippen molar-refractivity contribution in [3.63, 3.8) is 0 Å². The van der Waals surface area contributed by atoms with Crippen LogP contribution in [0.4, 0.5) is 0 Å². The van der Waals surface area contributed by atoms with Crippen molar-refractivity contribution in [3.8, 4) is 11.5 Å². The Morgan fingerprint density at radius 2 is 1.77 bits per heavy atom. The predicted molar refractivity (Wildman–Crippen MR) is 114 cm³/mol. The van der Waals surface area contributed by atoms with Gasteiger partial charge in [0.05, 0.1) is 14.2 Å². The lowest BCUT2D eigenvalue weighted by molar-refractivity contribution is 0.384. The molecule has 0 saturated heterocycles. The van der Waals surface area contributed by atoms with Gasteiger partial charge in [0, 0.05) is 5.56 Å². The molecular weight excluding hydrogens is 320 g/mol. The van der Waals surface area contributed by atoms with Gasteiger partial charge in [-0.05, 0) is 77.0 Å². The van der Waals surface area contributed by atoms with E-state index >= 15 is 0 Å². The molecule has 0 radical (unpaired) electrons. The Morgan fingerprint density at radius 1 is 1.04 bits per heavy atom. The topological polar surface area (TPSA) is 18.5 Å². The fourth-order valence-corrected chi connectivity index (χ4v) is 3.28. The smallest absolute Gasteiger partial charge is 0.129 e. The average molecular weight is 359 g/mol. The van der Waals surface area contributed by atoms with Crippen LogP contribution in [0.3, 0.4) is 0 Å². The molecule has 146 valence electrons. The fourth-order valence-electron chi connectivity index (χ4n) is 3.28. The minimum atomic E-state index is 0.850. The van der Waals surface area contributed by atoms with Crippen LogP contribution < -0.4 is 9.47 Å². The quantitative estimate of drug-likeness (QED) is 0.314. The van der Waals surface area contributed by atoms with Gasteiger partial charge < -0.3 is 9.47 Å². The van der Waals surface area contributed by atoms with Crippen LogP contribution in [0.25, 0.3) is 0 Å². The van der Waals surface area contributed by atoms with Crippen LogP contribution in [0.5, 0.6) is 11.5 Å². The second-order valence-corrected chi connectivity index (χ2v) is 7.41. The lowest BCUT2D eigenvalue weighted by Gasteiger charge is -2.18. The monoisotopic (exact) mass is 358 g/mol. The maximum absolute atomic E-state index is 5.79. The number of benzene rings is 1. The van der Waals surface area contributed by atoms with E-state index in [0.29, 0.717) is 0 Å². The highest BCUT2D eigenvalue weighted by atomic mass is 16.5. The van der Waals surface area contributed by atoms with Gasteiger partial charge in [0.1, 0.15) is 11.5 Å². The molecule has 2 heteroatoms. The summed E-state index contributed by atoms with van der Waals surface area (Å²) in [6.07, 6.45) is 12.5. The second kappa shape index (κ2) is 11.8. The number of hydrogen-bond acceptors (Lipinski definition) is 2. The predicted octanol–water partition coefficient (Wildman–Crippen LogP) is 6.98. The van der Waals surface area contributed by atoms with Crippen molar-refractivity contribution in [2.24, 2.45) is 0 Å². The first-order valence-corrected chi connectivity index (χ1v) is 9.96. The normalized spacial score (nSPS) is 11.4. The summed E-state index contributed by atoms with van der Waals surface area (Å²) in [6.45, 7) is 10.9. The minimum absolute atomic E-state index is 0.850. The number of aryl methyl sites for hydroxylation is 1. The third-order valence-electron chi connectivity index (χ3n) is 4.92. The van der Waals surface area contributed by atoms with E-state index in [-0.39, 0.29) is 0 Å². The lowest BCUT2D eigenvalue weighted by Crippen LogP contribution is -2.03. The van der Waals surface area contributed by atoms with Gasteiger partial charge in [-0.3, -0.25) is 0 Å². The van der Waals surface area contributed by atoms with Crippen LogP contribution in [0.1, 0.15) is 76.5 Å². The molecule has 0 bridgehead atoms. The third-order valence-corrected chi connectivity index (χ3v) is 4.92. The highest BCUT2D eigenvalue weighted by Crippen LogP contribution is 2.36. The van der Waals surface area contributed by atoms with E-state index in [2.05, 4.69) is 52.8 Å². The fraction of sp³-hybridized carbons (Fsp3) is 0.583. The first-order chi connectivity index (χ1) is 12.4. The summed E-state index contributed by atoms with van der Waals surface area (Å²) < 4.78 is 11.5. The van der Waals surface area contributed by atoms with Crippen molar-refractivity contribution < 1.29 is 9.47 Å². The molecule has 1 rings (SSSR count). The molecule has 0 atom stereocenters. The summed E-state index contributed by atoms with van der Waals surface area (Å²) in [5.74, 6) is 1.94. The molecule has 0 amide bonds. The van der Waals surface area contributed by atoms with Crippen LogP contribution in [-0.2, 0) is 12.8 Å². The van der Waals surface area contributed by atoms with Crippen LogP contribution in [-0.4, -0.2) is 14.2 Å². The van der Waals surface area contributed by atoms with Gasteiger partial charge in [0.15, 0.2) is 0 Å². The van der Waals surface area contributed by atoms with Gasteiger partial charge in [-0.1, -0.05) is 43.1 Å². The molecule has 0 aliphatic carbocycles. The zero-order valence-electron chi connectivity index (χ0n) is 18.0. The molecule has 0 spiro atoms. The molecular formula is C24H38O2. The van der Waals surface area contributed by atoms with Crippen LogP contribution in [0.15, 0.2) is 29.4 Å². The summed E-state index contributed by atoms with van der Waals surface area (Å²) in [5, 5.41) is 0. The van der Waals surface area contributed by atoms with Crippen molar-refractivity contribution in [3.05, 3.63) is 46.1 Å². The van der Waals surface area contributed by atoms with Crippen molar-refractivity contribution in [1.29, 1.82) is 0 Å². The Bertz CT molecular complexity index is 620. The highest BCUT2D eigenvalue weighted by Gasteiger charge is 2.16. The Hall–Kier alpha value is -1.70. The molecule has 0 N–H and O–H groups in total. The Kier molecular flexibility index (Phi) is 10.2. The van der Waals surface area contributed by atoms with Gasteiger partial charge in [-0.2, -0.15) is 0 Å². The van der Waals surface area contributed by atoms with Gasteiger partial charge >= 0.3 is 0 Å². The molecule has 0 saturated carbocycles. The molecule has 26 heavy (non-hydrogen) atoms. The van der Waals surface area contributed by atoms with Crippen molar-refractivity contribution >= 4 is 0 Å². The summed E-state index contributed by atoms with van der Waals surface area (Å²) >= 11 is 0. The van der Waals surface area contributed by atoms with E-state index in [0.717, 1.165) is 42.7 Å². The molecule has 2 nitrogen and oxygen atoms in total. The first kappa shape index (κ1) is 22.3. The zero-order valence-corrected chi connectivity index (χ0v) is 18.0. The maximum Gasteiger partial charge on any atom is 0.129 e. The summed E-state index contributed by atoms with van der Waals surface area (Å²) in [6, 6.07) is 2.22. The minimum Gasteiger partial charge on any atom is -0.496 e. The molecule has 1 aromatic rings. The van der Waals surface area contributed by atoms with Crippen molar-refractivity contribution in [2.75, 3.05) is 14.2 Å². The van der Waals surface area contributed by atoms with E-state index in [1.54, 1.807) is 14.2 Å². The number of methoxy groups -OCH3 is 2. The average Bonchev–Trinajstić information content (AvgIpc) is 2.61. The van der Waals surface area contributed by atoms with Crippen molar-refractivity contribution in [2.45, 2.75) is 79.6 Å². The van der Waals surface area contributed by atoms with E-state index in [4.69, 9.17) is 9.47 Å². The van der Waals surface area contributed by atoms with Gasteiger partial charge in [-0.15, -0.1) is 0 Å². The number of allylic oxidation sites excluding steroid dienone is 4. The first-order valence-electron chi connectivity index (χ1n) is 9.96. The summed E-state index contributed by atoms with van der Waals surface area (Å²) in [4.78, 5) is 0. The van der Waals surface area contributed by atoms with E-state index in [1.165, 1.54) is 41.5 Å². The molecule has 1 aromatic carbocycles. The number of ether oxygens (including phenoxy) is 2. The second-order valence-electron chi connectivity index (χ2n) is 7.41. The van der Waals surface area contributed by atoms with E-state index in [1.807, 2.05) is 0 Å². The maximum atomic E-state index is 5.79. The van der Waals surface area contributed by atoms with E-state index < -0.39 is 0 Å². The van der Waals surface area contributed by atoms with Gasteiger partial charge in [0.25, 0.3) is 0 Å². The molecule has 0 aliphatic heterocycles. The van der Waals surface area contributed by atoms with Gasteiger partial charge in [0.2, 0.25) is 0 Å². The zero-order chi connectivity index (χ0) is 19.5. The number of hydrogen-bond donors (Lipinski definition) is 0. The van der Waals surface area contributed by atoms with Crippen LogP contribution >= 0.6 is 0 Å². The molecule has 0 heterocycles. The molecule has 0 aromatic heterocycles. The molecule has 0 unspecified atom stereocenters. The number of rotatable bonds is 11. The lowest BCUT2D eigenvalue weighted by atomic mass is 9.95. The van der Waals surface area contributed by atoms with Crippen LogP contribution in [0, 0.1) is 6.92 Å². The molecule has 0 fully saturated rings. The van der Waals surface area contributed by atoms with Crippen molar-refractivity contribution in [1.82, 2.24) is 0 Å². The largest absolute Gasteiger partial charge is 0.496 e. The standard InChI is InChI=1S/C24H38O2/c1-8-9-10-14-21-17-23(25-6)22(24(26-7)20(21)5)16-15-19(4)13-11-12-18(2)3/h12,15,17H,8-11,13-14,16H2,1-7H3. The third kappa shape index (κ3) is 6.90. The Labute approximate surface area is 161 Å². The Morgan fingerprint density at radius 3 is 2.35 bits per heavy atom. The highest BCUT2D eigenvalue weighted by molar-refractivity contribution is 5.54. The molecule has 0 aliphatic rings. The summed E-state index contributed by atoms with van der Waals surface area (Å²) in [5.41, 5.74) is 6.56. The number of unbranched alkanes of at least 4 members (excludes halogenated alkanes) is 2. The SMILES string of the molecule is CCCCCc1cc(OC)c(CC=C(C)CCC=C(C)C)c(OC)c1C. The van der Waals surface area contributed by atoms with Crippen LogP contribution in [0.2, 0.25) is 0 Å². The van der Waals surface area contributed by atoms with Gasteiger partial charge in [-0.25, -0.2) is 0 Å². The summed E-state index contributed by atoms with van der Waals surface area (Å²) in [7, 11) is 3.53. The van der Waals surface area contributed by atoms with E-state index in [9.17, 15) is 0 Å².